The van der Waals surface area contributed by atoms with Crippen molar-refractivity contribution in [3.63, 3.8) is 0 Å². The molecule has 0 aromatic heterocycles. The number of ketones is 1. The molecule has 0 saturated carbocycles. The summed E-state index contributed by atoms with van der Waals surface area (Å²) in [6.45, 7) is 0. The van der Waals surface area contributed by atoms with Crippen LogP contribution < -0.4 is 0 Å². The van der Waals surface area contributed by atoms with Crippen LogP contribution in [0.2, 0.25) is 0 Å². The highest BCUT2D eigenvalue weighted by Gasteiger charge is 2.06. The van der Waals surface area contributed by atoms with Gasteiger partial charge in [-0.25, -0.2) is 4.39 Å². The summed E-state index contributed by atoms with van der Waals surface area (Å²) in [5, 5.41) is 0. The minimum absolute atomic E-state index is 0.0398. The lowest BCUT2D eigenvalue weighted by atomic mass is 10.1. The molecule has 3 heteroatoms. The molecular formula is C10H6BrFO. The summed E-state index contributed by atoms with van der Waals surface area (Å²) in [5.74, 6) is 1.67. The summed E-state index contributed by atoms with van der Waals surface area (Å²) >= 11 is 2.99. The number of benzene rings is 1. The first-order chi connectivity index (χ1) is 6.15. The number of rotatable bonds is 2. The third kappa shape index (κ3) is 2.40. The molecule has 13 heavy (non-hydrogen) atoms. The van der Waals surface area contributed by atoms with Crippen molar-refractivity contribution in [2.45, 2.75) is 6.42 Å². The van der Waals surface area contributed by atoms with Gasteiger partial charge in [0.05, 0.1) is 10.9 Å². The van der Waals surface area contributed by atoms with Crippen LogP contribution in [0.15, 0.2) is 22.7 Å². The van der Waals surface area contributed by atoms with E-state index in [0.29, 0.717) is 5.56 Å². The summed E-state index contributed by atoms with van der Waals surface area (Å²) in [5.41, 5.74) is 0.422. The van der Waals surface area contributed by atoms with Gasteiger partial charge in [0.1, 0.15) is 5.82 Å². The van der Waals surface area contributed by atoms with Crippen LogP contribution in [0.25, 0.3) is 0 Å². The second-order valence-electron chi connectivity index (χ2n) is 2.43. The fraction of sp³-hybridized carbons (Fsp3) is 0.100. The number of Topliss-reactive ketones (excluding diaryl/α,β-unsaturated/α-hetero) is 1. The van der Waals surface area contributed by atoms with Gasteiger partial charge < -0.3 is 0 Å². The average molecular weight is 241 g/mol. The van der Waals surface area contributed by atoms with Gasteiger partial charge in [0.15, 0.2) is 5.78 Å². The molecule has 0 radical (unpaired) electrons. The zero-order chi connectivity index (χ0) is 9.84. The molecule has 0 atom stereocenters. The molecule has 1 rings (SSSR count). The van der Waals surface area contributed by atoms with Gasteiger partial charge in [-0.2, -0.15) is 0 Å². The van der Waals surface area contributed by atoms with Gasteiger partial charge in [0.25, 0.3) is 0 Å². The highest BCUT2D eigenvalue weighted by atomic mass is 79.9. The molecule has 0 unspecified atom stereocenters. The van der Waals surface area contributed by atoms with E-state index in [1.165, 1.54) is 18.2 Å². The molecule has 1 aromatic rings. The lowest BCUT2D eigenvalue weighted by Crippen LogP contribution is -1.97. The Hall–Kier alpha value is -1.14. The van der Waals surface area contributed by atoms with Crippen molar-refractivity contribution in [2.75, 3.05) is 0 Å². The largest absolute Gasteiger partial charge is 0.293 e. The van der Waals surface area contributed by atoms with Crippen LogP contribution in [0.1, 0.15) is 16.8 Å². The second kappa shape index (κ2) is 4.20. The van der Waals surface area contributed by atoms with Gasteiger partial charge in [-0.1, -0.05) is 5.92 Å². The Balaban J connectivity index is 2.98. The van der Waals surface area contributed by atoms with Gasteiger partial charge in [-0.3, -0.25) is 4.79 Å². The Morgan fingerprint density at radius 1 is 1.62 bits per heavy atom. The molecule has 1 nitrogen and oxygen atoms in total. The van der Waals surface area contributed by atoms with Crippen molar-refractivity contribution in [1.29, 1.82) is 0 Å². The van der Waals surface area contributed by atoms with Crippen LogP contribution >= 0.6 is 15.9 Å². The number of carbonyl (C=O) groups excluding carboxylic acids is 1. The van der Waals surface area contributed by atoms with Crippen molar-refractivity contribution in [3.05, 3.63) is 34.1 Å². The minimum atomic E-state index is -0.391. The Morgan fingerprint density at radius 2 is 2.31 bits per heavy atom. The molecule has 0 N–H and O–H groups in total. The standard InChI is InChI=1S/C10H6BrFO/c1-2-3-10(13)7-4-5-9(12)8(11)6-7/h1,4-6H,3H2. The summed E-state index contributed by atoms with van der Waals surface area (Å²) in [6.07, 6.45) is 5.02. The molecule has 66 valence electrons. The fourth-order valence-corrected chi connectivity index (χ4v) is 1.24. The van der Waals surface area contributed by atoms with E-state index in [0.717, 1.165) is 0 Å². The Bertz CT molecular complexity index is 379. The predicted octanol–water partition coefficient (Wildman–Crippen LogP) is 2.79. The first-order valence-corrected chi connectivity index (χ1v) is 4.36. The van der Waals surface area contributed by atoms with Crippen molar-refractivity contribution < 1.29 is 9.18 Å². The molecule has 0 heterocycles. The first-order valence-electron chi connectivity index (χ1n) is 3.57. The van der Waals surface area contributed by atoms with Crippen LogP contribution in [0.4, 0.5) is 4.39 Å². The maximum atomic E-state index is 12.7. The minimum Gasteiger partial charge on any atom is -0.293 e. The van der Waals surface area contributed by atoms with Gasteiger partial charge in [-0.05, 0) is 34.1 Å². The van der Waals surface area contributed by atoms with Crippen LogP contribution in [-0.2, 0) is 0 Å². The maximum absolute atomic E-state index is 12.7. The highest BCUT2D eigenvalue weighted by molar-refractivity contribution is 9.10. The SMILES string of the molecule is C#CCC(=O)c1ccc(F)c(Br)c1. The second-order valence-corrected chi connectivity index (χ2v) is 3.29. The lowest BCUT2D eigenvalue weighted by Gasteiger charge is -1.98. The topological polar surface area (TPSA) is 17.1 Å². The molecule has 0 fully saturated rings. The van der Waals surface area contributed by atoms with E-state index in [1.54, 1.807) is 0 Å². The highest BCUT2D eigenvalue weighted by Crippen LogP contribution is 2.17. The van der Waals surface area contributed by atoms with E-state index < -0.39 is 5.82 Å². The average Bonchev–Trinajstić information content (AvgIpc) is 2.10. The molecular weight excluding hydrogens is 235 g/mol. The number of carbonyl (C=O) groups is 1. The van der Waals surface area contributed by atoms with Crippen molar-refractivity contribution in [1.82, 2.24) is 0 Å². The monoisotopic (exact) mass is 240 g/mol. The van der Waals surface area contributed by atoms with Crippen LogP contribution in [0.3, 0.4) is 0 Å². The normalized spacial score (nSPS) is 9.31. The fourth-order valence-electron chi connectivity index (χ4n) is 0.864. The molecule has 0 aliphatic carbocycles. The summed E-state index contributed by atoms with van der Waals surface area (Å²) < 4.78 is 13.0. The number of hydrogen-bond donors (Lipinski definition) is 0. The first kappa shape index (κ1) is 9.94. The van der Waals surface area contributed by atoms with E-state index in [2.05, 4.69) is 21.9 Å². The number of hydrogen-bond acceptors (Lipinski definition) is 1. The molecule has 0 spiro atoms. The Labute approximate surface area is 84.1 Å². The Kier molecular flexibility index (Phi) is 3.21. The van der Waals surface area contributed by atoms with Gasteiger partial charge >= 0.3 is 0 Å². The molecule has 0 bridgehead atoms. The van der Waals surface area contributed by atoms with Crippen LogP contribution in [-0.4, -0.2) is 5.78 Å². The van der Waals surface area contributed by atoms with Gasteiger partial charge in [0.2, 0.25) is 0 Å². The molecule has 0 saturated heterocycles. The van der Waals surface area contributed by atoms with Crippen LogP contribution in [0, 0.1) is 18.2 Å². The molecule has 1 aromatic carbocycles. The molecule has 0 aliphatic rings. The third-order valence-electron chi connectivity index (χ3n) is 1.50. The van der Waals surface area contributed by atoms with E-state index >= 15 is 0 Å². The van der Waals surface area contributed by atoms with E-state index in [9.17, 15) is 9.18 Å². The zero-order valence-corrected chi connectivity index (χ0v) is 8.27. The number of terminal acetylenes is 1. The summed E-state index contributed by atoms with van der Waals surface area (Å²) in [4.78, 5) is 11.2. The van der Waals surface area contributed by atoms with Crippen molar-refractivity contribution in [2.24, 2.45) is 0 Å². The predicted molar refractivity (Wildman–Crippen MR) is 51.9 cm³/mol. The van der Waals surface area contributed by atoms with Crippen LogP contribution in [0.5, 0.6) is 0 Å². The van der Waals surface area contributed by atoms with Gasteiger partial charge in [-0.15, -0.1) is 6.42 Å². The van der Waals surface area contributed by atoms with Gasteiger partial charge in [0, 0.05) is 5.56 Å². The summed E-state index contributed by atoms with van der Waals surface area (Å²) in [7, 11) is 0. The maximum Gasteiger partial charge on any atom is 0.174 e. The number of halogens is 2. The van der Waals surface area contributed by atoms with Crippen molar-refractivity contribution in [3.8, 4) is 12.3 Å². The Morgan fingerprint density at radius 3 is 2.85 bits per heavy atom. The molecule has 0 amide bonds. The quantitative estimate of drug-likeness (QED) is 0.574. The molecule has 0 aliphatic heterocycles. The van der Waals surface area contributed by atoms with E-state index in [1.807, 2.05) is 0 Å². The van der Waals surface area contributed by atoms with E-state index in [4.69, 9.17) is 6.42 Å². The third-order valence-corrected chi connectivity index (χ3v) is 2.11. The smallest absolute Gasteiger partial charge is 0.174 e. The van der Waals surface area contributed by atoms with E-state index in [-0.39, 0.29) is 16.7 Å². The zero-order valence-electron chi connectivity index (χ0n) is 6.68. The van der Waals surface area contributed by atoms with Crippen molar-refractivity contribution >= 4 is 21.7 Å². The summed E-state index contributed by atoms with van der Waals surface area (Å²) in [6, 6.07) is 4.07. The lowest BCUT2D eigenvalue weighted by molar-refractivity contribution is 0.0998.